The van der Waals surface area contributed by atoms with Gasteiger partial charge in [0.05, 0.1) is 12.2 Å². The molecule has 0 aromatic rings. The van der Waals surface area contributed by atoms with Crippen molar-refractivity contribution < 1.29 is 18.0 Å². The van der Waals surface area contributed by atoms with Crippen LogP contribution >= 0.6 is 0 Å². The molecule has 1 saturated heterocycles. The van der Waals surface area contributed by atoms with E-state index in [1.54, 1.807) is 0 Å². The molecule has 0 amide bonds. The van der Waals surface area contributed by atoms with Crippen LogP contribution in [0.15, 0.2) is 0 Å². The van der Waals surface area contributed by atoms with Crippen LogP contribution in [0.4, 0.5) is 0 Å². The summed E-state index contributed by atoms with van der Waals surface area (Å²) in [5.74, 6) is 4.68. The molecule has 5 heteroatoms. The maximum absolute atomic E-state index is 6.06. The average Bonchev–Trinajstić information content (AvgIpc) is 3.08. The Morgan fingerprint density at radius 3 is 2.04 bits per heavy atom. The molecule has 0 aromatic carbocycles. The highest BCUT2D eigenvalue weighted by Crippen LogP contribution is 2.63. The van der Waals surface area contributed by atoms with Gasteiger partial charge in [-0.15, -0.1) is 0 Å². The summed E-state index contributed by atoms with van der Waals surface area (Å²) in [4.78, 5) is 0. The lowest BCUT2D eigenvalue weighted by Crippen LogP contribution is -2.46. The Kier molecular flexibility index (Phi) is 5.09. The highest BCUT2D eigenvalue weighted by Gasteiger charge is 2.60. The summed E-state index contributed by atoms with van der Waals surface area (Å²) in [6.07, 6.45) is 8.10. The predicted octanol–water partition coefficient (Wildman–Crippen LogP) is 3.87. The number of rotatable bonds is 9. The third kappa shape index (κ3) is 3.11. The van der Waals surface area contributed by atoms with E-state index in [-0.39, 0.29) is 0 Å². The van der Waals surface area contributed by atoms with Gasteiger partial charge in [0.15, 0.2) is 0 Å². The number of hydrogen-bond donors (Lipinski definition) is 0. The Labute approximate surface area is 147 Å². The first-order chi connectivity index (χ1) is 11.7. The van der Waals surface area contributed by atoms with Crippen LogP contribution in [-0.4, -0.2) is 40.8 Å². The lowest BCUT2D eigenvalue weighted by molar-refractivity contribution is 0.0653. The van der Waals surface area contributed by atoms with Crippen LogP contribution in [0.5, 0.6) is 0 Å². The van der Waals surface area contributed by atoms with E-state index >= 15 is 0 Å². The van der Waals surface area contributed by atoms with Crippen LogP contribution < -0.4 is 0 Å². The lowest BCUT2D eigenvalue weighted by atomic mass is 9.67. The van der Waals surface area contributed by atoms with Crippen LogP contribution in [0, 0.1) is 29.6 Å². The summed E-state index contributed by atoms with van der Waals surface area (Å²) >= 11 is 0. The van der Waals surface area contributed by atoms with E-state index in [0.717, 1.165) is 35.6 Å². The van der Waals surface area contributed by atoms with E-state index in [4.69, 9.17) is 18.0 Å². The zero-order valence-electron chi connectivity index (χ0n) is 15.5. The standard InChI is InChI=1S/C19H34O4Si/c1-4-20-24(21-5-2,22-6-3)8-7-13-9-14-10-15(13)17-12-19-18(23-19)11-16(14)17/h13-19H,4-12H2,1-3H3. The Morgan fingerprint density at radius 2 is 1.42 bits per heavy atom. The fourth-order valence-corrected chi connectivity index (χ4v) is 9.01. The molecule has 0 spiro atoms. The molecule has 1 aliphatic heterocycles. The van der Waals surface area contributed by atoms with Crippen LogP contribution in [0.3, 0.4) is 0 Å². The summed E-state index contributed by atoms with van der Waals surface area (Å²) in [5.41, 5.74) is 0. The molecule has 7 unspecified atom stereocenters. The van der Waals surface area contributed by atoms with Crippen molar-refractivity contribution in [3.63, 3.8) is 0 Å². The van der Waals surface area contributed by atoms with Gasteiger partial charge >= 0.3 is 8.80 Å². The zero-order chi connectivity index (χ0) is 16.7. The topological polar surface area (TPSA) is 40.2 Å². The smallest absolute Gasteiger partial charge is 0.374 e. The minimum absolute atomic E-state index is 0.620. The fourth-order valence-electron chi connectivity index (χ4n) is 6.29. The van der Waals surface area contributed by atoms with Gasteiger partial charge in [-0.1, -0.05) is 0 Å². The van der Waals surface area contributed by atoms with Gasteiger partial charge in [0.1, 0.15) is 0 Å². The number of hydrogen-bond acceptors (Lipinski definition) is 4. The molecule has 4 fully saturated rings. The first-order valence-corrected chi connectivity index (χ1v) is 12.2. The van der Waals surface area contributed by atoms with Crippen molar-refractivity contribution in [3.8, 4) is 0 Å². The monoisotopic (exact) mass is 354 g/mol. The molecule has 0 radical (unpaired) electrons. The highest BCUT2D eigenvalue weighted by atomic mass is 28.4. The first kappa shape index (κ1) is 17.5. The molecule has 4 aliphatic rings. The van der Waals surface area contributed by atoms with Crippen molar-refractivity contribution in [1.29, 1.82) is 0 Å². The Hall–Kier alpha value is 0.0569. The maximum atomic E-state index is 6.06. The quantitative estimate of drug-likeness (QED) is 0.465. The van der Waals surface area contributed by atoms with Crippen LogP contribution in [0.1, 0.15) is 52.9 Å². The minimum atomic E-state index is -2.46. The van der Waals surface area contributed by atoms with Crippen molar-refractivity contribution in [2.24, 2.45) is 29.6 Å². The molecule has 0 aromatic heterocycles. The third-order valence-corrected chi connectivity index (χ3v) is 10.2. The summed E-state index contributed by atoms with van der Waals surface area (Å²) in [6.45, 7) is 8.22. The van der Waals surface area contributed by atoms with Crippen molar-refractivity contribution >= 4 is 8.80 Å². The Bertz CT molecular complexity index is 428. The summed E-state index contributed by atoms with van der Waals surface area (Å²) < 4.78 is 24.0. The molecule has 0 N–H and O–H groups in total. The van der Waals surface area contributed by atoms with Crippen LogP contribution in [-0.2, 0) is 18.0 Å². The molecule has 2 bridgehead atoms. The van der Waals surface area contributed by atoms with Crippen LogP contribution in [0.2, 0.25) is 6.04 Å². The molecule has 1 heterocycles. The van der Waals surface area contributed by atoms with Crippen molar-refractivity contribution in [1.82, 2.24) is 0 Å². The molecular formula is C19H34O4Si. The van der Waals surface area contributed by atoms with Gasteiger partial charge in [-0.3, -0.25) is 0 Å². The first-order valence-electron chi connectivity index (χ1n) is 10.3. The molecular weight excluding hydrogens is 320 g/mol. The van der Waals surface area contributed by atoms with E-state index < -0.39 is 8.80 Å². The second-order valence-electron chi connectivity index (χ2n) is 8.19. The van der Waals surface area contributed by atoms with Crippen molar-refractivity contribution in [2.75, 3.05) is 19.8 Å². The minimum Gasteiger partial charge on any atom is -0.374 e. The third-order valence-electron chi connectivity index (χ3n) is 7.10. The number of fused-ring (bicyclic) bond motifs is 6. The summed E-state index contributed by atoms with van der Waals surface area (Å²) in [6, 6.07) is 0.996. The second-order valence-corrected chi connectivity index (χ2v) is 10.9. The maximum Gasteiger partial charge on any atom is 0.500 e. The number of epoxide rings is 1. The Balaban J connectivity index is 1.37. The normalized spacial score (nSPS) is 42.9. The average molecular weight is 355 g/mol. The Morgan fingerprint density at radius 1 is 0.792 bits per heavy atom. The van der Waals surface area contributed by atoms with E-state index in [0.29, 0.717) is 32.0 Å². The van der Waals surface area contributed by atoms with Crippen LogP contribution in [0.25, 0.3) is 0 Å². The summed E-state index contributed by atoms with van der Waals surface area (Å²) in [7, 11) is -2.46. The van der Waals surface area contributed by atoms with Gasteiger partial charge in [-0.2, -0.15) is 0 Å². The van der Waals surface area contributed by atoms with Crippen molar-refractivity contribution in [3.05, 3.63) is 0 Å². The van der Waals surface area contributed by atoms with Gasteiger partial charge in [-0.05, 0) is 82.5 Å². The molecule has 4 nitrogen and oxygen atoms in total. The lowest BCUT2D eigenvalue weighted by Gasteiger charge is -2.38. The largest absolute Gasteiger partial charge is 0.500 e. The van der Waals surface area contributed by atoms with E-state index in [1.807, 2.05) is 0 Å². The van der Waals surface area contributed by atoms with Gasteiger partial charge in [0, 0.05) is 25.9 Å². The fraction of sp³-hybridized carbons (Fsp3) is 1.00. The zero-order valence-corrected chi connectivity index (χ0v) is 16.5. The highest BCUT2D eigenvalue weighted by molar-refractivity contribution is 6.60. The predicted molar refractivity (Wildman–Crippen MR) is 94.6 cm³/mol. The molecule has 138 valence electrons. The van der Waals surface area contributed by atoms with Gasteiger partial charge in [-0.25, -0.2) is 0 Å². The molecule has 4 rings (SSSR count). The van der Waals surface area contributed by atoms with Crippen molar-refractivity contribution in [2.45, 2.75) is 71.1 Å². The molecule has 24 heavy (non-hydrogen) atoms. The van der Waals surface area contributed by atoms with Gasteiger partial charge in [0.25, 0.3) is 0 Å². The van der Waals surface area contributed by atoms with E-state index in [9.17, 15) is 0 Å². The van der Waals surface area contributed by atoms with Gasteiger partial charge in [0.2, 0.25) is 0 Å². The molecule has 3 saturated carbocycles. The van der Waals surface area contributed by atoms with Gasteiger partial charge < -0.3 is 18.0 Å². The SMILES string of the molecule is CCO[Si](CCC1CC2CC1C1CC3OC3CC21)(OCC)OCC. The number of ether oxygens (including phenoxy) is 1. The van der Waals surface area contributed by atoms with E-state index in [2.05, 4.69) is 20.8 Å². The molecule has 7 atom stereocenters. The molecule has 3 aliphatic carbocycles. The summed E-state index contributed by atoms with van der Waals surface area (Å²) in [5, 5.41) is 0. The second kappa shape index (κ2) is 6.99. The van der Waals surface area contributed by atoms with E-state index in [1.165, 1.54) is 32.1 Å².